The molecule has 0 radical (unpaired) electrons. The highest BCUT2D eigenvalue weighted by atomic mass is 16.4. The molecule has 0 bridgehead atoms. The second kappa shape index (κ2) is 3.83. The summed E-state index contributed by atoms with van der Waals surface area (Å²) in [6.07, 6.45) is 1.18. The first-order valence-electron chi connectivity index (χ1n) is 4.36. The number of benzene rings is 1. The maximum Gasteiger partial charge on any atom is 0.323 e. The molecule has 0 aliphatic carbocycles. The number of nitrogens with zero attached hydrogens (tertiary/aromatic N) is 1. The number of aromatic amines is 2. The van der Waals surface area contributed by atoms with Gasteiger partial charge >= 0.3 is 5.69 Å². The standard InChI is InChI=1S/C10H9N3O2/c14-10-12-8(6-11-15)9(13-10)7-4-2-1-3-5-7/h1-6,15H,(H2,12,13,14). The number of hydrogen-bond donors (Lipinski definition) is 3. The molecule has 1 heterocycles. The van der Waals surface area contributed by atoms with E-state index in [9.17, 15) is 4.79 Å². The minimum atomic E-state index is -0.330. The highest BCUT2D eigenvalue weighted by molar-refractivity contribution is 5.86. The van der Waals surface area contributed by atoms with E-state index < -0.39 is 0 Å². The molecule has 0 aliphatic heterocycles. The zero-order valence-corrected chi connectivity index (χ0v) is 7.77. The molecule has 76 valence electrons. The number of rotatable bonds is 2. The van der Waals surface area contributed by atoms with Crippen LogP contribution in [0.15, 0.2) is 40.3 Å². The predicted octanol–water partition coefficient (Wildman–Crippen LogP) is 1.18. The molecule has 5 heteroatoms. The number of aromatic nitrogens is 2. The van der Waals surface area contributed by atoms with Crippen molar-refractivity contribution in [2.45, 2.75) is 0 Å². The SMILES string of the molecule is O=c1[nH]c(C=NO)c(-c2ccccc2)[nH]1. The lowest BCUT2D eigenvalue weighted by atomic mass is 10.1. The molecular weight excluding hydrogens is 194 g/mol. The lowest BCUT2D eigenvalue weighted by molar-refractivity contribution is 0.321. The molecule has 1 aromatic carbocycles. The summed E-state index contributed by atoms with van der Waals surface area (Å²) < 4.78 is 0. The average molecular weight is 203 g/mol. The lowest BCUT2D eigenvalue weighted by Gasteiger charge is -1.97. The van der Waals surface area contributed by atoms with E-state index in [0.29, 0.717) is 11.4 Å². The smallest absolute Gasteiger partial charge is 0.323 e. The van der Waals surface area contributed by atoms with Gasteiger partial charge < -0.3 is 15.2 Å². The summed E-state index contributed by atoms with van der Waals surface area (Å²) in [7, 11) is 0. The van der Waals surface area contributed by atoms with E-state index in [1.165, 1.54) is 6.21 Å². The highest BCUT2D eigenvalue weighted by Crippen LogP contribution is 2.16. The van der Waals surface area contributed by atoms with E-state index in [1.807, 2.05) is 30.3 Å². The van der Waals surface area contributed by atoms with Crippen LogP contribution in [0.3, 0.4) is 0 Å². The van der Waals surface area contributed by atoms with E-state index in [0.717, 1.165) is 5.56 Å². The van der Waals surface area contributed by atoms with Crippen molar-refractivity contribution in [3.8, 4) is 11.3 Å². The first kappa shape index (κ1) is 9.26. The first-order valence-corrected chi connectivity index (χ1v) is 4.36. The van der Waals surface area contributed by atoms with Crippen LogP contribution >= 0.6 is 0 Å². The second-order valence-corrected chi connectivity index (χ2v) is 2.98. The molecule has 2 rings (SSSR count). The molecule has 0 amide bonds. The largest absolute Gasteiger partial charge is 0.411 e. The van der Waals surface area contributed by atoms with Gasteiger partial charge in [0.1, 0.15) is 0 Å². The summed E-state index contributed by atoms with van der Waals surface area (Å²) in [4.78, 5) is 16.3. The molecule has 0 saturated heterocycles. The van der Waals surface area contributed by atoms with E-state index >= 15 is 0 Å². The topological polar surface area (TPSA) is 81.2 Å². The maximum absolute atomic E-state index is 11.1. The summed E-state index contributed by atoms with van der Waals surface area (Å²) >= 11 is 0. The van der Waals surface area contributed by atoms with E-state index in [2.05, 4.69) is 15.1 Å². The first-order chi connectivity index (χ1) is 7.31. The van der Waals surface area contributed by atoms with Gasteiger partial charge in [0, 0.05) is 5.56 Å². The van der Waals surface area contributed by atoms with Crippen LogP contribution in [0.1, 0.15) is 5.69 Å². The average Bonchev–Trinajstić information content (AvgIpc) is 2.62. The van der Waals surface area contributed by atoms with E-state index in [1.54, 1.807) is 0 Å². The third kappa shape index (κ3) is 1.80. The second-order valence-electron chi connectivity index (χ2n) is 2.98. The predicted molar refractivity (Wildman–Crippen MR) is 56.2 cm³/mol. The Balaban J connectivity index is 2.57. The molecule has 0 atom stereocenters. The van der Waals surface area contributed by atoms with Crippen molar-refractivity contribution in [3.05, 3.63) is 46.5 Å². The number of oxime groups is 1. The highest BCUT2D eigenvalue weighted by Gasteiger charge is 2.06. The molecule has 0 unspecified atom stereocenters. The summed E-state index contributed by atoms with van der Waals surface area (Å²) in [5.74, 6) is 0. The monoisotopic (exact) mass is 203 g/mol. The lowest BCUT2D eigenvalue weighted by Crippen LogP contribution is -2.00. The van der Waals surface area contributed by atoms with Gasteiger partial charge in [0.25, 0.3) is 0 Å². The molecule has 0 spiro atoms. The van der Waals surface area contributed by atoms with Crippen LogP contribution in [0.2, 0.25) is 0 Å². The normalized spacial score (nSPS) is 10.9. The van der Waals surface area contributed by atoms with Crippen LogP contribution in [-0.2, 0) is 0 Å². The Labute approximate surface area is 85.1 Å². The van der Waals surface area contributed by atoms with Gasteiger partial charge in [0.05, 0.1) is 17.6 Å². The van der Waals surface area contributed by atoms with Gasteiger partial charge in [-0.2, -0.15) is 0 Å². The third-order valence-corrected chi connectivity index (χ3v) is 2.01. The molecular formula is C10H9N3O2. The van der Waals surface area contributed by atoms with Gasteiger partial charge in [0.15, 0.2) is 0 Å². The Bertz CT molecular complexity index is 525. The molecule has 0 aliphatic rings. The van der Waals surface area contributed by atoms with Crippen LogP contribution in [0.5, 0.6) is 0 Å². The molecule has 2 aromatic rings. The van der Waals surface area contributed by atoms with Crippen LogP contribution in [0, 0.1) is 0 Å². The Morgan fingerprint density at radius 2 is 1.93 bits per heavy atom. The zero-order chi connectivity index (χ0) is 10.7. The van der Waals surface area contributed by atoms with Gasteiger partial charge in [-0.15, -0.1) is 0 Å². The summed E-state index contributed by atoms with van der Waals surface area (Å²) in [6, 6.07) is 9.32. The number of H-pyrrole nitrogens is 2. The van der Waals surface area contributed by atoms with Crippen molar-refractivity contribution in [2.24, 2.45) is 5.16 Å². The molecule has 5 nitrogen and oxygen atoms in total. The number of imidazole rings is 1. The van der Waals surface area contributed by atoms with E-state index in [-0.39, 0.29) is 5.69 Å². The van der Waals surface area contributed by atoms with Gasteiger partial charge in [-0.05, 0) is 0 Å². The summed E-state index contributed by atoms with van der Waals surface area (Å²) in [5.41, 5.74) is 1.58. The van der Waals surface area contributed by atoms with Crippen LogP contribution in [0.4, 0.5) is 0 Å². The molecule has 0 saturated carbocycles. The van der Waals surface area contributed by atoms with Crippen molar-refractivity contribution < 1.29 is 5.21 Å². The Hall–Kier alpha value is -2.30. The quantitative estimate of drug-likeness (QED) is 0.389. The molecule has 3 N–H and O–H groups in total. The van der Waals surface area contributed by atoms with Gasteiger partial charge in [0.2, 0.25) is 0 Å². The Morgan fingerprint density at radius 1 is 1.20 bits per heavy atom. The van der Waals surface area contributed by atoms with Crippen molar-refractivity contribution in [1.29, 1.82) is 0 Å². The van der Waals surface area contributed by atoms with E-state index in [4.69, 9.17) is 5.21 Å². The zero-order valence-electron chi connectivity index (χ0n) is 7.77. The fourth-order valence-electron chi connectivity index (χ4n) is 1.38. The van der Waals surface area contributed by atoms with Crippen LogP contribution in [-0.4, -0.2) is 21.4 Å². The molecule has 0 fully saturated rings. The van der Waals surface area contributed by atoms with Gasteiger partial charge in [-0.25, -0.2) is 4.79 Å². The maximum atomic E-state index is 11.1. The number of nitrogens with one attached hydrogen (secondary N) is 2. The number of hydrogen-bond acceptors (Lipinski definition) is 3. The van der Waals surface area contributed by atoms with Crippen molar-refractivity contribution in [1.82, 2.24) is 9.97 Å². The fraction of sp³-hybridized carbons (Fsp3) is 0. The van der Waals surface area contributed by atoms with Crippen molar-refractivity contribution in [3.63, 3.8) is 0 Å². The summed E-state index contributed by atoms with van der Waals surface area (Å²) in [6.45, 7) is 0. The summed E-state index contributed by atoms with van der Waals surface area (Å²) in [5, 5.41) is 11.3. The van der Waals surface area contributed by atoms with Crippen LogP contribution in [0.25, 0.3) is 11.3 Å². The van der Waals surface area contributed by atoms with Crippen molar-refractivity contribution in [2.75, 3.05) is 0 Å². The minimum Gasteiger partial charge on any atom is -0.411 e. The van der Waals surface area contributed by atoms with Crippen LogP contribution < -0.4 is 5.69 Å². The van der Waals surface area contributed by atoms with Gasteiger partial charge in [-0.3, -0.25) is 0 Å². The molecule has 15 heavy (non-hydrogen) atoms. The minimum absolute atomic E-state index is 0.330. The fourth-order valence-corrected chi connectivity index (χ4v) is 1.38. The Morgan fingerprint density at radius 3 is 2.60 bits per heavy atom. The van der Waals surface area contributed by atoms with Gasteiger partial charge in [-0.1, -0.05) is 35.5 Å². The van der Waals surface area contributed by atoms with Crippen molar-refractivity contribution >= 4 is 6.21 Å². The Kier molecular flexibility index (Phi) is 2.37. The molecule has 1 aromatic heterocycles. The third-order valence-electron chi connectivity index (χ3n) is 2.01.